The molecule has 0 aliphatic heterocycles. The minimum atomic E-state index is -3.58. The molecular formula is C10H14N4O2S2. The minimum Gasteiger partial charge on any atom is -0.349 e. The van der Waals surface area contributed by atoms with Gasteiger partial charge in [0.1, 0.15) is 4.90 Å². The summed E-state index contributed by atoms with van der Waals surface area (Å²) in [6, 6.07) is 1.58. The van der Waals surface area contributed by atoms with Crippen LogP contribution in [0.1, 0.15) is 12.6 Å². The highest BCUT2D eigenvalue weighted by Gasteiger charge is 2.18. The average Bonchev–Trinajstić information content (AvgIpc) is 2.96. The summed E-state index contributed by atoms with van der Waals surface area (Å²) in [6.07, 6.45) is 3.13. The minimum absolute atomic E-state index is 0.208. The lowest BCUT2D eigenvalue weighted by Gasteiger charge is -2.02. The molecule has 18 heavy (non-hydrogen) atoms. The summed E-state index contributed by atoms with van der Waals surface area (Å²) >= 11 is 1.23. The summed E-state index contributed by atoms with van der Waals surface area (Å²) in [5, 5.41) is 2.06. The molecule has 0 aromatic carbocycles. The maximum absolute atomic E-state index is 12.1. The van der Waals surface area contributed by atoms with E-state index in [4.69, 9.17) is 5.73 Å². The molecule has 98 valence electrons. The van der Waals surface area contributed by atoms with Crippen molar-refractivity contribution in [3.63, 3.8) is 0 Å². The molecule has 6 nitrogen and oxygen atoms in total. The molecule has 0 bridgehead atoms. The van der Waals surface area contributed by atoms with Crippen molar-refractivity contribution in [3.8, 4) is 0 Å². The summed E-state index contributed by atoms with van der Waals surface area (Å²) in [7, 11) is -3.58. The van der Waals surface area contributed by atoms with Crippen LogP contribution in [-0.2, 0) is 23.1 Å². The normalized spacial score (nSPS) is 11.7. The monoisotopic (exact) mass is 286 g/mol. The second-order valence-corrected chi connectivity index (χ2v) is 6.18. The van der Waals surface area contributed by atoms with E-state index in [0.717, 1.165) is 5.69 Å². The topological polar surface area (TPSA) is 90.0 Å². The number of nitrogens with two attached hydrogens (primary N) is 1. The maximum Gasteiger partial charge on any atom is 0.265 e. The van der Waals surface area contributed by atoms with Crippen molar-refractivity contribution in [2.24, 2.45) is 5.73 Å². The maximum atomic E-state index is 12.1. The fraction of sp³-hybridized carbons (Fsp3) is 0.300. The van der Waals surface area contributed by atoms with Gasteiger partial charge in [-0.3, -0.25) is 4.72 Å². The van der Waals surface area contributed by atoms with Gasteiger partial charge in [-0.15, -0.1) is 11.3 Å². The first kappa shape index (κ1) is 13.1. The zero-order chi connectivity index (χ0) is 13.2. The quantitative estimate of drug-likeness (QED) is 0.865. The number of thiazole rings is 1. The van der Waals surface area contributed by atoms with E-state index >= 15 is 0 Å². The number of nitrogens with one attached hydrogen (secondary N) is 1. The summed E-state index contributed by atoms with van der Waals surface area (Å²) in [6.45, 7) is 2.92. The van der Waals surface area contributed by atoms with Gasteiger partial charge in [-0.25, -0.2) is 13.4 Å². The van der Waals surface area contributed by atoms with Gasteiger partial charge in [0.2, 0.25) is 0 Å². The first-order valence-corrected chi connectivity index (χ1v) is 7.74. The Morgan fingerprint density at radius 1 is 1.56 bits per heavy atom. The molecule has 0 atom stereocenters. The Labute approximate surface area is 110 Å². The van der Waals surface area contributed by atoms with Gasteiger partial charge < -0.3 is 10.3 Å². The molecule has 0 unspecified atom stereocenters. The fourth-order valence-corrected chi connectivity index (χ4v) is 3.44. The first-order valence-electron chi connectivity index (χ1n) is 5.38. The van der Waals surface area contributed by atoms with Gasteiger partial charge in [0, 0.05) is 36.6 Å². The number of rotatable bonds is 5. The smallest absolute Gasteiger partial charge is 0.265 e. The van der Waals surface area contributed by atoms with Crippen LogP contribution in [-0.4, -0.2) is 18.0 Å². The van der Waals surface area contributed by atoms with E-state index in [0.29, 0.717) is 18.2 Å². The van der Waals surface area contributed by atoms with E-state index in [9.17, 15) is 8.42 Å². The van der Waals surface area contributed by atoms with E-state index in [1.165, 1.54) is 11.3 Å². The molecule has 0 saturated heterocycles. The van der Waals surface area contributed by atoms with Gasteiger partial charge in [-0.1, -0.05) is 0 Å². The molecule has 0 radical (unpaired) electrons. The van der Waals surface area contributed by atoms with Crippen LogP contribution >= 0.6 is 11.3 Å². The molecule has 0 aliphatic carbocycles. The van der Waals surface area contributed by atoms with E-state index in [-0.39, 0.29) is 4.90 Å². The van der Waals surface area contributed by atoms with Crippen LogP contribution in [0.5, 0.6) is 0 Å². The Kier molecular flexibility index (Phi) is 3.69. The number of aromatic nitrogens is 2. The van der Waals surface area contributed by atoms with Gasteiger partial charge in [-0.2, -0.15) is 0 Å². The Balaban J connectivity index is 2.32. The van der Waals surface area contributed by atoms with Crippen LogP contribution in [0, 0.1) is 0 Å². The Morgan fingerprint density at radius 3 is 2.83 bits per heavy atom. The van der Waals surface area contributed by atoms with E-state index in [1.807, 2.05) is 11.5 Å². The van der Waals surface area contributed by atoms with Gasteiger partial charge in [-0.05, 0) is 13.0 Å². The summed E-state index contributed by atoms with van der Waals surface area (Å²) < 4.78 is 28.4. The number of sulfonamides is 1. The van der Waals surface area contributed by atoms with Crippen molar-refractivity contribution in [2.45, 2.75) is 24.9 Å². The van der Waals surface area contributed by atoms with Crippen molar-refractivity contribution in [1.82, 2.24) is 9.55 Å². The molecule has 2 rings (SSSR count). The second-order valence-electron chi connectivity index (χ2n) is 3.60. The van der Waals surface area contributed by atoms with Crippen molar-refractivity contribution in [1.29, 1.82) is 0 Å². The lowest BCUT2D eigenvalue weighted by atomic mass is 10.4. The fourth-order valence-electron chi connectivity index (χ4n) is 1.59. The van der Waals surface area contributed by atoms with E-state index in [2.05, 4.69) is 9.71 Å². The zero-order valence-electron chi connectivity index (χ0n) is 9.83. The highest BCUT2D eigenvalue weighted by molar-refractivity contribution is 7.93. The van der Waals surface area contributed by atoms with Crippen LogP contribution in [0.3, 0.4) is 0 Å². The van der Waals surface area contributed by atoms with Crippen LogP contribution in [0.4, 0.5) is 5.13 Å². The largest absolute Gasteiger partial charge is 0.349 e. The Bertz CT molecular complexity index is 595. The molecule has 0 fully saturated rings. The second kappa shape index (κ2) is 5.09. The highest BCUT2D eigenvalue weighted by Crippen LogP contribution is 2.19. The average molecular weight is 286 g/mol. The third kappa shape index (κ3) is 2.55. The van der Waals surface area contributed by atoms with Crippen LogP contribution < -0.4 is 10.5 Å². The molecule has 0 saturated carbocycles. The zero-order valence-corrected chi connectivity index (χ0v) is 11.5. The molecule has 0 amide bonds. The molecule has 2 heterocycles. The SMILES string of the molecule is CCn1cc(S(=O)(=O)Nc2nccs2)cc1CN. The number of aryl methyl sites for hydroxylation is 1. The third-order valence-corrected chi connectivity index (χ3v) is 4.60. The summed E-state index contributed by atoms with van der Waals surface area (Å²) in [5.41, 5.74) is 6.36. The molecule has 0 spiro atoms. The molecular weight excluding hydrogens is 272 g/mol. The molecule has 0 aliphatic rings. The lowest BCUT2D eigenvalue weighted by molar-refractivity contribution is 0.600. The number of hydrogen-bond acceptors (Lipinski definition) is 5. The van der Waals surface area contributed by atoms with Crippen molar-refractivity contribution < 1.29 is 8.42 Å². The van der Waals surface area contributed by atoms with Gasteiger partial charge in [0.25, 0.3) is 10.0 Å². The van der Waals surface area contributed by atoms with Crippen LogP contribution in [0.25, 0.3) is 0 Å². The third-order valence-electron chi connectivity index (χ3n) is 2.47. The molecule has 2 aromatic heterocycles. The van der Waals surface area contributed by atoms with E-state index in [1.54, 1.807) is 23.8 Å². The predicted octanol–water partition coefficient (Wildman–Crippen LogP) is 1.22. The predicted molar refractivity (Wildman–Crippen MR) is 70.9 cm³/mol. The van der Waals surface area contributed by atoms with Crippen LogP contribution in [0.15, 0.2) is 28.7 Å². The number of nitrogens with zero attached hydrogens (tertiary/aromatic N) is 2. The Hall–Kier alpha value is -1.38. The molecule has 3 N–H and O–H groups in total. The Morgan fingerprint density at radius 2 is 2.33 bits per heavy atom. The first-order chi connectivity index (χ1) is 8.56. The van der Waals surface area contributed by atoms with Crippen molar-refractivity contribution in [3.05, 3.63) is 29.5 Å². The standard InChI is InChI=1S/C10H14N4O2S2/c1-2-14-7-9(5-8(14)6-11)18(15,16)13-10-12-3-4-17-10/h3-5,7H,2,6,11H2,1H3,(H,12,13). The van der Waals surface area contributed by atoms with Gasteiger partial charge >= 0.3 is 0 Å². The molecule has 2 aromatic rings. The van der Waals surface area contributed by atoms with Gasteiger partial charge in [0.05, 0.1) is 0 Å². The summed E-state index contributed by atoms with van der Waals surface area (Å²) in [4.78, 5) is 4.10. The summed E-state index contributed by atoms with van der Waals surface area (Å²) in [5.74, 6) is 0. The van der Waals surface area contributed by atoms with Crippen molar-refractivity contribution >= 4 is 26.5 Å². The van der Waals surface area contributed by atoms with Crippen LogP contribution in [0.2, 0.25) is 0 Å². The van der Waals surface area contributed by atoms with Crippen molar-refractivity contribution in [2.75, 3.05) is 4.72 Å². The number of anilines is 1. The number of hydrogen-bond donors (Lipinski definition) is 2. The lowest BCUT2D eigenvalue weighted by Crippen LogP contribution is -2.12. The van der Waals surface area contributed by atoms with E-state index < -0.39 is 10.0 Å². The molecule has 8 heteroatoms. The highest BCUT2D eigenvalue weighted by atomic mass is 32.2. The van der Waals surface area contributed by atoms with Gasteiger partial charge in [0.15, 0.2) is 5.13 Å².